The van der Waals surface area contributed by atoms with Gasteiger partial charge in [0.25, 0.3) is 0 Å². The van der Waals surface area contributed by atoms with Crippen molar-refractivity contribution in [1.82, 2.24) is 4.83 Å². The van der Waals surface area contributed by atoms with Crippen molar-refractivity contribution >= 4 is 38.1 Å². The molecule has 156 valence electrons. The van der Waals surface area contributed by atoms with Gasteiger partial charge in [0.05, 0.1) is 29.8 Å². The first-order valence-electron chi connectivity index (χ1n) is 9.61. The molecule has 0 radical (unpaired) electrons. The van der Waals surface area contributed by atoms with Gasteiger partial charge < -0.3 is 9.47 Å². The van der Waals surface area contributed by atoms with E-state index in [4.69, 9.17) is 14.3 Å². The molecule has 0 spiro atoms. The monoisotopic (exact) mass is 437 g/mol. The van der Waals surface area contributed by atoms with Crippen LogP contribution in [-0.4, -0.2) is 58.7 Å². The maximum absolute atomic E-state index is 14.0. The molecule has 9 heteroatoms. The van der Waals surface area contributed by atoms with Crippen LogP contribution in [0.5, 0.6) is 0 Å². The zero-order valence-corrected chi connectivity index (χ0v) is 19.3. The highest BCUT2D eigenvalue weighted by atomic mass is 32.1. The predicted octanol–water partition coefficient (Wildman–Crippen LogP) is 3.47. The summed E-state index contributed by atoms with van der Waals surface area (Å²) in [4.78, 5) is 20.3. The molecule has 3 saturated heterocycles. The highest BCUT2D eigenvalue weighted by molar-refractivity contribution is 7.80. The Labute approximate surface area is 173 Å². The number of carbonyl (C=O) groups excluding carboxylic acids is 1. The Balaban J connectivity index is 1.95. The van der Waals surface area contributed by atoms with Gasteiger partial charge in [0.2, 0.25) is 12.8 Å². The van der Waals surface area contributed by atoms with Crippen molar-refractivity contribution in [3.05, 3.63) is 0 Å². The second kappa shape index (κ2) is 7.93. The van der Waals surface area contributed by atoms with E-state index in [0.29, 0.717) is 25.3 Å². The topological polar surface area (TPSA) is 65.1 Å². The van der Waals surface area contributed by atoms with Crippen molar-refractivity contribution < 1.29 is 23.7 Å². The van der Waals surface area contributed by atoms with E-state index < -0.39 is 12.9 Å². The van der Waals surface area contributed by atoms with Gasteiger partial charge in [0.15, 0.2) is 0 Å². The van der Waals surface area contributed by atoms with E-state index in [-0.39, 0.29) is 47.1 Å². The third kappa shape index (κ3) is 4.32. The molecular weight excluding hydrogens is 405 g/mol. The summed E-state index contributed by atoms with van der Waals surface area (Å²) in [5, 5.41) is 0. The van der Waals surface area contributed by atoms with Crippen molar-refractivity contribution in [2.75, 3.05) is 31.0 Å². The summed E-state index contributed by atoms with van der Waals surface area (Å²) in [6.45, 7) is 9.10. The van der Waals surface area contributed by atoms with Gasteiger partial charge in [0.1, 0.15) is 5.94 Å². The quantitative estimate of drug-likeness (QED) is 0.287. The maximum Gasteiger partial charge on any atom is 0.235 e. The first-order chi connectivity index (χ1) is 12.5. The summed E-state index contributed by atoms with van der Waals surface area (Å²) in [5.74, 6) is 0.389. The highest BCUT2D eigenvalue weighted by Crippen LogP contribution is 2.63. The van der Waals surface area contributed by atoms with Crippen LogP contribution in [0.1, 0.15) is 40.5 Å². The fraction of sp³-hybridized carbons (Fsp3) is 0.944. The molecule has 0 bridgehead atoms. The van der Waals surface area contributed by atoms with Crippen LogP contribution in [0.2, 0.25) is 0 Å². The Morgan fingerprint density at radius 3 is 2.48 bits per heavy atom. The van der Waals surface area contributed by atoms with E-state index in [1.165, 1.54) is 4.83 Å². The number of carbonyl (C=O) groups is 1. The second-order valence-corrected chi connectivity index (χ2v) is 12.5. The summed E-state index contributed by atoms with van der Waals surface area (Å²) >= 11 is 8.36. The zero-order chi connectivity index (χ0) is 20.0. The molecule has 0 aromatic carbocycles. The molecular formula is C18H32NO5PS2. The van der Waals surface area contributed by atoms with E-state index in [0.717, 1.165) is 6.42 Å². The minimum atomic E-state index is -3.39. The molecule has 6 nitrogen and oxygen atoms in total. The number of hydrogen-bond donors (Lipinski definition) is 2. The largest absolute Gasteiger partial charge is 0.375 e. The van der Waals surface area contributed by atoms with Crippen molar-refractivity contribution in [3.63, 3.8) is 0 Å². The van der Waals surface area contributed by atoms with Gasteiger partial charge in [-0.2, -0.15) is 12.6 Å². The fourth-order valence-corrected chi connectivity index (χ4v) is 8.60. The molecule has 3 aliphatic heterocycles. The molecule has 0 aliphatic carbocycles. The molecule has 0 N–H and O–H groups in total. The Hall–Kier alpha value is 0.440. The number of rotatable bonds is 6. The molecule has 27 heavy (non-hydrogen) atoms. The number of nitrogens with zero attached hydrogens (tertiary/aromatic N) is 1. The third-order valence-electron chi connectivity index (χ3n) is 6.01. The molecule has 0 saturated carbocycles. The van der Waals surface area contributed by atoms with Crippen LogP contribution in [-0.2, 0) is 23.7 Å². The van der Waals surface area contributed by atoms with Gasteiger partial charge in [-0.3, -0.25) is 14.2 Å². The number of hydroxylamine groups is 1. The number of thiol groups is 2. The van der Waals surface area contributed by atoms with E-state index in [9.17, 15) is 9.36 Å². The Bertz CT molecular complexity index is 623. The Morgan fingerprint density at radius 1 is 1.22 bits per heavy atom. The summed E-state index contributed by atoms with van der Waals surface area (Å²) < 4.78 is 26.3. The molecule has 0 aromatic rings. The second-order valence-electron chi connectivity index (χ2n) is 9.13. The van der Waals surface area contributed by atoms with Gasteiger partial charge in [0, 0.05) is 18.5 Å². The molecule has 5 unspecified atom stereocenters. The van der Waals surface area contributed by atoms with Gasteiger partial charge in [-0.05, 0) is 52.4 Å². The third-order valence-corrected chi connectivity index (χ3v) is 9.30. The summed E-state index contributed by atoms with van der Waals surface area (Å²) in [6.07, 6.45) is 1.53. The number of ether oxygens (including phenoxy) is 2. The van der Waals surface area contributed by atoms with E-state index >= 15 is 0 Å². The average molecular weight is 438 g/mol. The lowest BCUT2D eigenvalue weighted by molar-refractivity contribution is -0.125. The summed E-state index contributed by atoms with van der Waals surface area (Å²) in [7, 11) is -3.39. The van der Waals surface area contributed by atoms with Crippen LogP contribution in [0.3, 0.4) is 0 Å². The van der Waals surface area contributed by atoms with Crippen LogP contribution < -0.4 is 0 Å². The number of hydrogen-bond acceptors (Lipinski definition) is 7. The zero-order valence-electron chi connectivity index (χ0n) is 16.6. The van der Waals surface area contributed by atoms with Crippen LogP contribution in [0.25, 0.3) is 0 Å². The van der Waals surface area contributed by atoms with E-state index in [2.05, 4.69) is 39.1 Å². The highest BCUT2D eigenvalue weighted by Gasteiger charge is 2.61. The molecule has 5 atom stereocenters. The van der Waals surface area contributed by atoms with Crippen molar-refractivity contribution in [2.24, 2.45) is 17.8 Å². The molecule has 3 fully saturated rings. The average Bonchev–Trinajstić information content (AvgIpc) is 3.09. The molecule has 3 rings (SSSR count). The van der Waals surface area contributed by atoms with E-state index in [1.54, 1.807) is 0 Å². The van der Waals surface area contributed by atoms with E-state index in [1.807, 2.05) is 13.8 Å². The molecule has 3 aliphatic rings. The fourth-order valence-electron chi connectivity index (χ4n) is 4.94. The molecule has 3 heterocycles. The normalized spacial score (nSPS) is 40.5. The first kappa shape index (κ1) is 22.1. The lowest BCUT2D eigenvalue weighted by Crippen LogP contribution is -2.47. The van der Waals surface area contributed by atoms with Gasteiger partial charge in [-0.1, -0.05) is 0 Å². The van der Waals surface area contributed by atoms with Crippen molar-refractivity contribution in [2.45, 2.75) is 57.8 Å². The smallest absolute Gasteiger partial charge is 0.235 e. The lowest BCUT2D eigenvalue weighted by atomic mass is 9.79. The molecule has 0 aromatic heterocycles. The molecule has 0 amide bonds. The van der Waals surface area contributed by atoms with Crippen LogP contribution in [0.4, 0.5) is 0 Å². The summed E-state index contributed by atoms with van der Waals surface area (Å²) in [5.41, 5.74) is -0.811. The minimum Gasteiger partial charge on any atom is -0.375 e. The number of fused-ring (bicyclic) bond motifs is 1. The lowest BCUT2D eigenvalue weighted by Gasteiger charge is -2.42. The predicted molar refractivity (Wildman–Crippen MR) is 112 cm³/mol. The standard InChI is InChI=1S/C18H32NO5PS2/c1-17(2)7-12(9-22-17)14-10-25(21,19(5-6-26)23-11-27)16(20)13-8-18(3,4)24-15(13)14/h12-15,26-27H,5-11H2,1-4H3. The Morgan fingerprint density at radius 2 is 1.93 bits per heavy atom. The van der Waals surface area contributed by atoms with Gasteiger partial charge in [-0.15, -0.1) is 17.5 Å². The first-order valence-corrected chi connectivity index (χ1v) is 12.7. The van der Waals surface area contributed by atoms with Crippen molar-refractivity contribution in [1.29, 1.82) is 0 Å². The summed E-state index contributed by atoms with van der Waals surface area (Å²) in [6, 6.07) is 0. The maximum atomic E-state index is 14.0. The van der Waals surface area contributed by atoms with Crippen molar-refractivity contribution in [3.8, 4) is 0 Å². The Kier molecular flexibility index (Phi) is 6.50. The minimum absolute atomic E-state index is 0.00742. The van der Waals surface area contributed by atoms with Gasteiger partial charge in [-0.25, -0.2) is 0 Å². The van der Waals surface area contributed by atoms with Crippen LogP contribution in [0, 0.1) is 17.8 Å². The van der Waals surface area contributed by atoms with Crippen LogP contribution >= 0.6 is 32.6 Å². The SMILES string of the molecule is CC1(C)CC(C2CP(=O)(N(CCS)OCS)C(=O)C3CC(C)(C)OC32)CO1. The van der Waals surface area contributed by atoms with Gasteiger partial charge >= 0.3 is 0 Å². The van der Waals surface area contributed by atoms with Crippen LogP contribution in [0.15, 0.2) is 0 Å².